The summed E-state index contributed by atoms with van der Waals surface area (Å²) in [4.78, 5) is 10.3. The van der Waals surface area contributed by atoms with Gasteiger partial charge in [-0.15, -0.1) is 0 Å². The van der Waals surface area contributed by atoms with Crippen LogP contribution in [0.1, 0.15) is 38.5 Å². The lowest BCUT2D eigenvalue weighted by atomic mass is 10.2. The SMILES string of the molecule is NC(=O)C=CCCC=CCCC1CC1. The molecule has 1 amide bonds. The Morgan fingerprint density at radius 3 is 2.43 bits per heavy atom. The quantitative estimate of drug-likeness (QED) is 0.377. The molecular formula is C12H19NO. The molecule has 0 aromatic rings. The summed E-state index contributed by atoms with van der Waals surface area (Å²) in [5, 5.41) is 0. The Bertz CT molecular complexity index is 226. The first kappa shape index (κ1) is 11.0. The Morgan fingerprint density at radius 1 is 1.14 bits per heavy atom. The van der Waals surface area contributed by atoms with Crippen LogP contribution in [-0.4, -0.2) is 5.91 Å². The Labute approximate surface area is 85.9 Å². The number of hydrogen-bond donors (Lipinski definition) is 1. The van der Waals surface area contributed by atoms with Gasteiger partial charge >= 0.3 is 0 Å². The van der Waals surface area contributed by atoms with Crippen LogP contribution in [0.25, 0.3) is 0 Å². The fourth-order valence-electron chi connectivity index (χ4n) is 1.37. The number of rotatable bonds is 7. The van der Waals surface area contributed by atoms with Crippen LogP contribution in [0.15, 0.2) is 24.3 Å². The summed E-state index contributed by atoms with van der Waals surface area (Å²) < 4.78 is 0. The maximum atomic E-state index is 10.3. The zero-order valence-electron chi connectivity index (χ0n) is 8.61. The maximum absolute atomic E-state index is 10.3. The molecule has 0 radical (unpaired) electrons. The first-order valence-electron chi connectivity index (χ1n) is 5.40. The minimum atomic E-state index is -0.359. The van der Waals surface area contributed by atoms with E-state index in [2.05, 4.69) is 12.2 Å². The van der Waals surface area contributed by atoms with Crippen molar-refractivity contribution in [3.8, 4) is 0 Å². The Balaban J connectivity index is 1.88. The van der Waals surface area contributed by atoms with E-state index in [4.69, 9.17) is 5.73 Å². The van der Waals surface area contributed by atoms with Gasteiger partial charge < -0.3 is 5.73 Å². The second-order valence-corrected chi connectivity index (χ2v) is 3.87. The van der Waals surface area contributed by atoms with Crippen molar-refractivity contribution >= 4 is 5.91 Å². The average Bonchev–Trinajstić information content (AvgIpc) is 2.92. The molecule has 0 heterocycles. The fraction of sp³-hybridized carbons (Fsp3) is 0.583. The van der Waals surface area contributed by atoms with Gasteiger partial charge in [-0.3, -0.25) is 4.79 Å². The molecule has 0 bridgehead atoms. The third-order valence-electron chi connectivity index (χ3n) is 2.39. The molecule has 1 saturated carbocycles. The summed E-state index contributed by atoms with van der Waals surface area (Å²) in [6.45, 7) is 0. The third-order valence-corrected chi connectivity index (χ3v) is 2.39. The molecule has 2 nitrogen and oxygen atoms in total. The van der Waals surface area contributed by atoms with Gasteiger partial charge in [-0.05, 0) is 37.7 Å². The van der Waals surface area contributed by atoms with Gasteiger partial charge in [0.25, 0.3) is 0 Å². The summed E-state index contributed by atoms with van der Waals surface area (Å²) in [5.74, 6) is 0.664. The number of carbonyl (C=O) groups is 1. The lowest BCUT2D eigenvalue weighted by Crippen LogP contribution is -2.05. The van der Waals surface area contributed by atoms with Gasteiger partial charge in [-0.25, -0.2) is 0 Å². The van der Waals surface area contributed by atoms with Crippen LogP contribution in [-0.2, 0) is 4.79 Å². The Hall–Kier alpha value is -1.05. The van der Waals surface area contributed by atoms with E-state index in [1.807, 2.05) is 6.08 Å². The highest BCUT2D eigenvalue weighted by Gasteiger charge is 2.19. The van der Waals surface area contributed by atoms with Crippen LogP contribution in [0.4, 0.5) is 0 Å². The number of unbranched alkanes of at least 4 members (excludes halogenated alkanes) is 1. The third kappa shape index (κ3) is 6.46. The highest BCUT2D eigenvalue weighted by molar-refractivity contribution is 5.85. The van der Waals surface area contributed by atoms with Crippen molar-refractivity contribution < 1.29 is 4.79 Å². The van der Waals surface area contributed by atoms with Crippen LogP contribution in [0.5, 0.6) is 0 Å². The molecule has 1 fully saturated rings. The summed E-state index contributed by atoms with van der Waals surface area (Å²) in [5.41, 5.74) is 4.95. The van der Waals surface area contributed by atoms with Crippen LogP contribution in [0, 0.1) is 5.92 Å². The number of primary amides is 1. The number of nitrogens with two attached hydrogens (primary N) is 1. The summed E-state index contributed by atoms with van der Waals surface area (Å²) in [6.07, 6.45) is 15.1. The van der Waals surface area contributed by atoms with E-state index >= 15 is 0 Å². The first-order valence-corrected chi connectivity index (χ1v) is 5.40. The number of hydrogen-bond acceptors (Lipinski definition) is 1. The van der Waals surface area contributed by atoms with Gasteiger partial charge in [0.1, 0.15) is 0 Å². The van der Waals surface area contributed by atoms with E-state index in [1.54, 1.807) is 0 Å². The van der Waals surface area contributed by atoms with Crippen LogP contribution >= 0.6 is 0 Å². The Morgan fingerprint density at radius 2 is 1.79 bits per heavy atom. The zero-order chi connectivity index (χ0) is 10.2. The fourth-order valence-corrected chi connectivity index (χ4v) is 1.37. The van der Waals surface area contributed by atoms with Crippen LogP contribution < -0.4 is 5.73 Å². The van der Waals surface area contributed by atoms with E-state index in [0.29, 0.717) is 0 Å². The number of amides is 1. The van der Waals surface area contributed by atoms with E-state index in [1.165, 1.54) is 31.8 Å². The predicted octanol–water partition coefficient (Wildman–Crippen LogP) is 2.55. The topological polar surface area (TPSA) is 43.1 Å². The molecule has 0 unspecified atom stereocenters. The molecule has 2 heteroatoms. The number of carbonyl (C=O) groups excluding carboxylic acids is 1. The molecular weight excluding hydrogens is 174 g/mol. The molecule has 0 spiro atoms. The second-order valence-electron chi connectivity index (χ2n) is 3.87. The minimum Gasteiger partial charge on any atom is -0.366 e. The smallest absolute Gasteiger partial charge is 0.241 e. The Kier molecular flexibility index (Phi) is 5.05. The van der Waals surface area contributed by atoms with Crippen molar-refractivity contribution in [1.29, 1.82) is 0 Å². The molecule has 0 aromatic heterocycles. The van der Waals surface area contributed by atoms with Gasteiger partial charge in [0.05, 0.1) is 0 Å². The zero-order valence-corrected chi connectivity index (χ0v) is 8.61. The molecule has 0 saturated heterocycles. The van der Waals surface area contributed by atoms with Gasteiger partial charge in [0, 0.05) is 0 Å². The molecule has 0 aliphatic heterocycles. The average molecular weight is 193 g/mol. The molecule has 1 rings (SSSR count). The predicted molar refractivity (Wildman–Crippen MR) is 58.7 cm³/mol. The standard InChI is InChI=1S/C12H19NO/c13-12(14)8-6-4-2-1-3-5-7-11-9-10-11/h1,3,6,8,11H,2,4-5,7,9-10H2,(H2,13,14). The highest BCUT2D eigenvalue weighted by Crippen LogP contribution is 2.33. The van der Waals surface area contributed by atoms with Gasteiger partial charge in [-0.2, -0.15) is 0 Å². The lowest BCUT2D eigenvalue weighted by Gasteiger charge is -1.90. The van der Waals surface area contributed by atoms with Crippen molar-refractivity contribution in [2.75, 3.05) is 0 Å². The molecule has 2 N–H and O–H groups in total. The first-order chi connectivity index (χ1) is 6.79. The monoisotopic (exact) mass is 193 g/mol. The molecule has 1 aliphatic carbocycles. The summed E-state index contributed by atoms with van der Waals surface area (Å²) in [7, 11) is 0. The highest BCUT2D eigenvalue weighted by atomic mass is 16.1. The number of allylic oxidation sites excluding steroid dienone is 3. The van der Waals surface area contributed by atoms with Crippen LogP contribution in [0.2, 0.25) is 0 Å². The van der Waals surface area contributed by atoms with Gasteiger partial charge in [0.15, 0.2) is 0 Å². The summed E-state index contributed by atoms with van der Waals surface area (Å²) >= 11 is 0. The second kappa shape index (κ2) is 6.41. The molecule has 0 atom stereocenters. The maximum Gasteiger partial charge on any atom is 0.241 e. The van der Waals surface area contributed by atoms with Crippen molar-refractivity contribution in [2.45, 2.75) is 38.5 Å². The minimum absolute atomic E-state index is 0.359. The van der Waals surface area contributed by atoms with Gasteiger partial charge in [-0.1, -0.05) is 31.1 Å². The van der Waals surface area contributed by atoms with E-state index in [0.717, 1.165) is 18.8 Å². The van der Waals surface area contributed by atoms with E-state index in [9.17, 15) is 4.79 Å². The van der Waals surface area contributed by atoms with Crippen molar-refractivity contribution in [2.24, 2.45) is 11.7 Å². The lowest BCUT2D eigenvalue weighted by molar-refractivity contribution is -0.113. The van der Waals surface area contributed by atoms with Crippen molar-refractivity contribution in [1.82, 2.24) is 0 Å². The van der Waals surface area contributed by atoms with E-state index < -0.39 is 0 Å². The molecule has 14 heavy (non-hydrogen) atoms. The molecule has 78 valence electrons. The van der Waals surface area contributed by atoms with Crippen LogP contribution in [0.3, 0.4) is 0 Å². The largest absolute Gasteiger partial charge is 0.366 e. The van der Waals surface area contributed by atoms with Gasteiger partial charge in [0.2, 0.25) is 5.91 Å². The van der Waals surface area contributed by atoms with Crippen molar-refractivity contribution in [3.63, 3.8) is 0 Å². The van der Waals surface area contributed by atoms with Crippen molar-refractivity contribution in [3.05, 3.63) is 24.3 Å². The summed E-state index contributed by atoms with van der Waals surface area (Å²) in [6, 6.07) is 0. The van der Waals surface area contributed by atoms with E-state index in [-0.39, 0.29) is 5.91 Å². The normalized spacial score (nSPS) is 16.9. The molecule has 0 aromatic carbocycles. The molecule has 1 aliphatic rings.